The number of primary amides is 1. The van der Waals surface area contributed by atoms with Crippen LogP contribution in [0.5, 0.6) is 0 Å². The molecular weight excluding hydrogens is 495 g/mol. The van der Waals surface area contributed by atoms with Gasteiger partial charge in [0, 0.05) is 42.6 Å². The van der Waals surface area contributed by atoms with E-state index in [0.29, 0.717) is 16.8 Å². The number of pyridine rings is 1. The highest BCUT2D eigenvalue weighted by atomic mass is 19.1. The van der Waals surface area contributed by atoms with Crippen molar-refractivity contribution in [1.29, 1.82) is 0 Å². The summed E-state index contributed by atoms with van der Waals surface area (Å²) in [6.45, 7) is 3.87. The van der Waals surface area contributed by atoms with Gasteiger partial charge in [-0.2, -0.15) is 0 Å². The summed E-state index contributed by atoms with van der Waals surface area (Å²) in [7, 11) is 0. The molecule has 1 unspecified atom stereocenters. The summed E-state index contributed by atoms with van der Waals surface area (Å²) >= 11 is 0. The van der Waals surface area contributed by atoms with Crippen molar-refractivity contribution < 1.29 is 22.8 Å². The summed E-state index contributed by atoms with van der Waals surface area (Å²) in [5.41, 5.74) is 6.70. The standard InChI is InChI=1S/C28H26F3N5O2/c1-16(2)28-34-8-9-36(28)15-26(37)35-24(18-10-19(29)13-20(30)11-18)14-25-21(4-3-7-33-25)17-5-6-23(31)22(12-17)27(32)38/h3-13,16,24H,14-15H2,1-2H3,(H2,32,38)(H,35,37). The van der Waals surface area contributed by atoms with Crippen LogP contribution in [0.3, 0.4) is 0 Å². The summed E-state index contributed by atoms with van der Waals surface area (Å²) < 4.78 is 44.1. The van der Waals surface area contributed by atoms with Crippen LogP contribution in [0, 0.1) is 17.5 Å². The van der Waals surface area contributed by atoms with E-state index in [1.165, 1.54) is 18.3 Å². The number of halogens is 3. The summed E-state index contributed by atoms with van der Waals surface area (Å²) in [5, 5.41) is 2.86. The Morgan fingerprint density at radius 1 is 1.00 bits per heavy atom. The maximum Gasteiger partial charge on any atom is 0.251 e. The van der Waals surface area contributed by atoms with E-state index >= 15 is 0 Å². The molecule has 0 fully saturated rings. The molecule has 4 rings (SSSR count). The molecule has 0 radical (unpaired) electrons. The number of hydrogen-bond acceptors (Lipinski definition) is 4. The molecule has 2 aromatic carbocycles. The second-order valence-electron chi connectivity index (χ2n) is 9.15. The minimum atomic E-state index is -0.921. The van der Waals surface area contributed by atoms with Gasteiger partial charge in [0.15, 0.2) is 0 Å². The number of benzene rings is 2. The van der Waals surface area contributed by atoms with Gasteiger partial charge in [-0.1, -0.05) is 26.0 Å². The third kappa shape index (κ3) is 6.08. The molecule has 0 bridgehead atoms. The smallest absolute Gasteiger partial charge is 0.251 e. The van der Waals surface area contributed by atoms with Crippen LogP contribution in [0.2, 0.25) is 0 Å². The molecule has 0 aliphatic heterocycles. The quantitative estimate of drug-likeness (QED) is 0.334. The maximum absolute atomic E-state index is 14.2. The van der Waals surface area contributed by atoms with Gasteiger partial charge in [-0.15, -0.1) is 0 Å². The molecule has 2 amide bonds. The molecular formula is C28H26F3N5O2. The first-order chi connectivity index (χ1) is 18.1. The molecule has 38 heavy (non-hydrogen) atoms. The Morgan fingerprint density at radius 2 is 1.74 bits per heavy atom. The monoisotopic (exact) mass is 521 g/mol. The van der Waals surface area contributed by atoms with Gasteiger partial charge in [-0.3, -0.25) is 14.6 Å². The Morgan fingerprint density at radius 3 is 2.42 bits per heavy atom. The highest BCUT2D eigenvalue weighted by Gasteiger charge is 2.22. The van der Waals surface area contributed by atoms with Crippen molar-refractivity contribution in [2.45, 2.75) is 38.8 Å². The Bertz CT molecular complexity index is 1460. The number of carbonyl (C=O) groups excluding carboxylic acids is 2. The van der Waals surface area contributed by atoms with Gasteiger partial charge in [0.1, 0.15) is 29.8 Å². The van der Waals surface area contributed by atoms with Crippen molar-refractivity contribution in [1.82, 2.24) is 19.9 Å². The van der Waals surface area contributed by atoms with Crippen LogP contribution >= 0.6 is 0 Å². The van der Waals surface area contributed by atoms with Crippen LogP contribution in [0.25, 0.3) is 11.1 Å². The second-order valence-corrected chi connectivity index (χ2v) is 9.15. The number of rotatable bonds is 9. The van der Waals surface area contributed by atoms with Crippen molar-refractivity contribution in [3.63, 3.8) is 0 Å². The summed E-state index contributed by atoms with van der Waals surface area (Å²) in [5.74, 6) is -2.84. The lowest BCUT2D eigenvalue weighted by Crippen LogP contribution is -2.33. The molecule has 7 nitrogen and oxygen atoms in total. The zero-order valence-corrected chi connectivity index (χ0v) is 20.8. The Labute approximate surface area is 217 Å². The summed E-state index contributed by atoms with van der Waals surface area (Å²) in [4.78, 5) is 33.5. The number of imidazole rings is 1. The molecule has 2 aromatic heterocycles. The number of nitrogens with zero attached hydrogens (tertiary/aromatic N) is 3. The number of amides is 2. The van der Waals surface area contributed by atoms with Crippen molar-refractivity contribution in [3.8, 4) is 11.1 Å². The van der Waals surface area contributed by atoms with Gasteiger partial charge in [0.05, 0.1) is 17.3 Å². The number of aromatic nitrogens is 3. The largest absolute Gasteiger partial charge is 0.366 e. The third-order valence-electron chi connectivity index (χ3n) is 6.03. The van der Waals surface area contributed by atoms with E-state index in [-0.39, 0.29) is 30.0 Å². The first-order valence-corrected chi connectivity index (χ1v) is 11.9. The fourth-order valence-electron chi connectivity index (χ4n) is 4.32. The van der Waals surface area contributed by atoms with Gasteiger partial charge < -0.3 is 15.6 Å². The van der Waals surface area contributed by atoms with Gasteiger partial charge in [0.2, 0.25) is 5.91 Å². The van der Waals surface area contributed by atoms with E-state index < -0.39 is 35.3 Å². The molecule has 0 saturated heterocycles. The zero-order chi connectivity index (χ0) is 27.4. The molecule has 3 N–H and O–H groups in total. The fourth-order valence-corrected chi connectivity index (χ4v) is 4.32. The molecule has 10 heteroatoms. The first kappa shape index (κ1) is 26.6. The lowest BCUT2D eigenvalue weighted by atomic mass is 9.95. The summed E-state index contributed by atoms with van der Waals surface area (Å²) in [6.07, 6.45) is 4.87. The van der Waals surface area contributed by atoms with E-state index in [9.17, 15) is 22.8 Å². The predicted octanol–water partition coefficient (Wildman–Crippen LogP) is 4.68. The van der Waals surface area contributed by atoms with E-state index in [0.717, 1.165) is 30.1 Å². The van der Waals surface area contributed by atoms with Crippen LogP contribution in [0.1, 0.15) is 53.2 Å². The number of nitrogens with one attached hydrogen (secondary N) is 1. The van der Waals surface area contributed by atoms with Crippen molar-refractivity contribution in [3.05, 3.63) is 107 Å². The van der Waals surface area contributed by atoms with Gasteiger partial charge in [0.25, 0.3) is 5.91 Å². The molecule has 0 aliphatic rings. The lowest BCUT2D eigenvalue weighted by Gasteiger charge is -2.21. The van der Waals surface area contributed by atoms with Crippen LogP contribution in [0.15, 0.2) is 67.1 Å². The van der Waals surface area contributed by atoms with Crippen molar-refractivity contribution >= 4 is 11.8 Å². The molecule has 0 spiro atoms. The Kier molecular flexibility index (Phi) is 7.90. The van der Waals surface area contributed by atoms with Gasteiger partial charge >= 0.3 is 0 Å². The average Bonchev–Trinajstić information content (AvgIpc) is 3.32. The SMILES string of the molecule is CC(C)c1nccn1CC(=O)NC(Cc1ncccc1-c1ccc(F)c(C(N)=O)c1)c1cc(F)cc(F)c1. The maximum atomic E-state index is 14.2. The molecule has 2 heterocycles. The fraction of sp³-hybridized carbons (Fsp3) is 0.214. The molecule has 196 valence electrons. The Balaban J connectivity index is 1.69. The first-order valence-electron chi connectivity index (χ1n) is 11.9. The molecule has 0 aliphatic carbocycles. The minimum Gasteiger partial charge on any atom is -0.366 e. The van der Waals surface area contributed by atoms with Gasteiger partial charge in [-0.25, -0.2) is 18.2 Å². The van der Waals surface area contributed by atoms with E-state index in [1.54, 1.807) is 29.1 Å². The van der Waals surface area contributed by atoms with E-state index in [4.69, 9.17) is 5.73 Å². The van der Waals surface area contributed by atoms with Crippen molar-refractivity contribution in [2.24, 2.45) is 5.73 Å². The zero-order valence-electron chi connectivity index (χ0n) is 20.8. The van der Waals surface area contributed by atoms with Crippen LogP contribution in [-0.2, 0) is 17.8 Å². The number of hydrogen-bond donors (Lipinski definition) is 2. The topological polar surface area (TPSA) is 103 Å². The van der Waals surface area contributed by atoms with Crippen LogP contribution in [-0.4, -0.2) is 26.3 Å². The average molecular weight is 522 g/mol. The normalized spacial score (nSPS) is 11.9. The lowest BCUT2D eigenvalue weighted by molar-refractivity contribution is -0.122. The Hall–Kier alpha value is -4.47. The predicted molar refractivity (Wildman–Crippen MR) is 135 cm³/mol. The highest BCUT2D eigenvalue weighted by molar-refractivity contribution is 5.94. The van der Waals surface area contributed by atoms with Crippen molar-refractivity contribution in [2.75, 3.05) is 0 Å². The minimum absolute atomic E-state index is 0.0448. The molecule has 0 saturated carbocycles. The van der Waals surface area contributed by atoms with Crippen LogP contribution < -0.4 is 11.1 Å². The number of nitrogens with two attached hydrogens (primary N) is 1. The molecule has 1 atom stereocenters. The third-order valence-corrected chi connectivity index (χ3v) is 6.03. The summed E-state index contributed by atoms with van der Waals surface area (Å²) in [6, 6.07) is 9.49. The number of carbonyl (C=O) groups is 2. The highest BCUT2D eigenvalue weighted by Crippen LogP contribution is 2.29. The molecule has 4 aromatic rings. The second kappa shape index (κ2) is 11.3. The van der Waals surface area contributed by atoms with Crippen LogP contribution in [0.4, 0.5) is 13.2 Å². The van der Waals surface area contributed by atoms with E-state index in [2.05, 4.69) is 15.3 Å². The van der Waals surface area contributed by atoms with Gasteiger partial charge in [-0.05, 0) is 41.5 Å². The van der Waals surface area contributed by atoms with E-state index in [1.807, 2.05) is 13.8 Å².